The van der Waals surface area contributed by atoms with Crippen molar-refractivity contribution in [3.8, 4) is 17.0 Å². The fraction of sp³-hybridized carbons (Fsp3) is 0.633. The van der Waals surface area contributed by atoms with Gasteiger partial charge in [0, 0.05) is 5.56 Å². The monoisotopic (exact) mass is 455 g/mol. The SMILES string of the molecule is CCCCCCCCCCCc1ccc(-c2ccc(OCC(F)CCCCCC)cn2)cc1. The molecule has 2 rings (SSSR count). The van der Waals surface area contributed by atoms with Gasteiger partial charge in [0.2, 0.25) is 0 Å². The summed E-state index contributed by atoms with van der Waals surface area (Å²) < 4.78 is 19.6. The first kappa shape index (κ1) is 27.3. The van der Waals surface area contributed by atoms with Gasteiger partial charge in [-0.1, -0.05) is 115 Å². The Labute approximate surface area is 202 Å². The zero-order valence-electron chi connectivity index (χ0n) is 21.2. The Bertz CT molecular complexity index is 713. The van der Waals surface area contributed by atoms with Crippen LogP contribution >= 0.6 is 0 Å². The van der Waals surface area contributed by atoms with Gasteiger partial charge in [0.15, 0.2) is 0 Å². The average Bonchev–Trinajstić information content (AvgIpc) is 2.85. The summed E-state index contributed by atoms with van der Waals surface area (Å²) in [6.45, 7) is 4.55. The Morgan fingerprint density at radius 2 is 1.33 bits per heavy atom. The largest absolute Gasteiger partial charge is 0.489 e. The van der Waals surface area contributed by atoms with Gasteiger partial charge in [-0.2, -0.15) is 0 Å². The van der Waals surface area contributed by atoms with E-state index in [1.165, 1.54) is 76.2 Å². The van der Waals surface area contributed by atoms with E-state index in [1.54, 1.807) is 6.20 Å². The number of rotatable bonds is 19. The molecular formula is C30H46FNO. The normalized spacial score (nSPS) is 12.1. The van der Waals surface area contributed by atoms with E-state index in [9.17, 15) is 4.39 Å². The van der Waals surface area contributed by atoms with Crippen molar-refractivity contribution in [3.63, 3.8) is 0 Å². The molecule has 0 N–H and O–H groups in total. The molecule has 1 unspecified atom stereocenters. The van der Waals surface area contributed by atoms with Crippen molar-refractivity contribution in [2.45, 2.75) is 116 Å². The molecule has 0 aliphatic rings. The summed E-state index contributed by atoms with van der Waals surface area (Å²) in [6.07, 6.45) is 19.2. The van der Waals surface area contributed by atoms with E-state index in [1.807, 2.05) is 12.1 Å². The summed E-state index contributed by atoms with van der Waals surface area (Å²) in [5.41, 5.74) is 3.43. The van der Waals surface area contributed by atoms with Gasteiger partial charge in [-0.15, -0.1) is 0 Å². The lowest BCUT2D eigenvalue weighted by Gasteiger charge is -2.11. The Kier molecular flexibility index (Phi) is 14.6. The average molecular weight is 456 g/mol. The third kappa shape index (κ3) is 12.2. The molecular weight excluding hydrogens is 409 g/mol. The third-order valence-corrected chi connectivity index (χ3v) is 6.36. The first-order chi connectivity index (χ1) is 16.2. The highest BCUT2D eigenvalue weighted by molar-refractivity contribution is 5.59. The predicted octanol–water partition coefficient (Wildman–Crippen LogP) is 9.51. The highest BCUT2D eigenvalue weighted by atomic mass is 19.1. The molecule has 0 fully saturated rings. The Morgan fingerprint density at radius 1 is 0.727 bits per heavy atom. The predicted molar refractivity (Wildman–Crippen MR) is 140 cm³/mol. The van der Waals surface area contributed by atoms with Gasteiger partial charge in [0.1, 0.15) is 18.5 Å². The number of hydrogen-bond acceptors (Lipinski definition) is 2. The standard InChI is InChI=1S/C30H46FNO/c1-3-5-7-9-10-11-12-13-14-16-26-18-20-27(21-19-26)30-23-22-29(24-32-30)33-25-28(31)17-15-8-6-4-2/h18-24,28H,3-17,25H2,1-2H3. The summed E-state index contributed by atoms with van der Waals surface area (Å²) in [5.74, 6) is 0.636. The van der Waals surface area contributed by atoms with Crippen LogP contribution in [0.5, 0.6) is 5.75 Å². The van der Waals surface area contributed by atoms with Gasteiger partial charge in [-0.25, -0.2) is 4.39 Å². The smallest absolute Gasteiger partial charge is 0.137 e. The molecule has 33 heavy (non-hydrogen) atoms. The molecule has 2 nitrogen and oxygen atoms in total. The van der Waals surface area contributed by atoms with Crippen LogP contribution in [0.15, 0.2) is 42.6 Å². The fourth-order valence-electron chi connectivity index (χ4n) is 4.18. The molecule has 0 spiro atoms. The van der Waals surface area contributed by atoms with Gasteiger partial charge in [0.05, 0.1) is 11.9 Å². The molecule has 184 valence electrons. The van der Waals surface area contributed by atoms with Gasteiger partial charge in [0.25, 0.3) is 0 Å². The number of halogens is 1. The quantitative estimate of drug-likeness (QED) is 0.197. The number of benzene rings is 1. The molecule has 3 heteroatoms. The lowest BCUT2D eigenvalue weighted by atomic mass is 10.0. The molecule has 0 aliphatic heterocycles. The van der Waals surface area contributed by atoms with Gasteiger partial charge < -0.3 is 4.74 Å². The van der Waals surface area contributed by atoms with Crippen LogP contribution in [-0.4, -0.2) is 17.8 Å². The number of aromatic nitrogens is 1. The number of alkyl halides is 1. The molecule has 0 bridgehead atoms. The minimum absolute atomic E-state index is 0.112. The topological polar surface area (TPSA) is 22.1 Å². The van der Waals surface area contributed by atoms with Crippen LogP contribution in [0, 0.1) is 0 Å². The second kappa shape index (κ2) is 17.6. The van der Waals surface area contributed by atoms with Crippen molar-refractivity contribution in [1.29, 1.82) is 0 Å². The van der Waals surface area contributed by atoms with Crippen molar-refractivity contribution < 1.29 is 9.13 Å². The highest BCUT2D eigenvalue weighted by Gasteiger charge is 2.08. The van der Waals surface area contributed by atoms with E-state index in [2.05, 4.69) is 43.1 Å². The number of ether oxygens (including phenoxy) is 1. The van der Waals surface area contributed by atoms with Crippen molar-refractivity contribution in [1.82, 2.24) is 4.98 Å². The maximum Gasteiger partial charge on any atom is 0.137 e. The molecule has 1 aromatic carbocycles. The summed E-state index contributed by atoms with van der Waals surface area (Å²) >= 11 is 0. The molecule has 1 heterocycles. The summed E-state index contributed by atoms with van der Waals surface area (Å²) in [7, 11) is 0. The number of hydrogen-bond donors (Lipinski definition) is 0. The molecule has 0 amide bonds. The summed E-state index contributed by atoms with van der Waals surface area (Å²) in [4.78, 5) is 4.52. The van der Waals surface area contributed by atoms with Crippen LogP contribution in [0.1, 0.15) is 109 Å². The Morgan fingerprint density at radius 3 is 1.94 bits per heavy atom. The lowest BCUT2D eigenvalue weighted by Crippen LogP contribution is -2.12. The van der Waals surface area contributed by atoms with Crippen molar-refractivity contribution in [2.24, 2.45) is 0 Å². The number of unbranched alkanes of at least 4 members (excludes halogenated alkanes) is 11. The lowest BCUT2D eigenvalue weighted by molar-refractivity contribution is 0.183. The van der Waals surface area contributed by atoms with E-state index < -0.39 is 6.17 Å². The minimum atomic E-state index is -0.903. The van der Waals surface area contributed by atoms with Crippen molar-refractivity contribution in [2.75, 3.05) is 6.61 Å². The molecule has 0 radical (unpaired) electrons. The van der Waals surface area contributed by atoms with E-state index >= 15 is 0 Å². The van der Waals surface area contributed by atoms with Gasteiger partial charge in [-0.3, -0.25) is 4.98 Å². The fourth-order valence-corrected chi connectivity index (χ4v) is 4.18. The number of aryl methyl sites for hydroxylation is 1. The highest BCUT2D eigenvalue weighted by Crippen LogP contribution is 2.21. The van der Waals surface area contributed by atoms with E-state index in [-0.39, 0.29) is 6.61 Å². The number of pyridine rings is 1. The summed E-state index contributed by atoms with van der Waals surface area (Å²) in [5, 5.41) is 0. The van der Waals surface area contributed by atoms with Crippen LogP contribution in [0.2, 0.25) is 0 Å². The molecule has 0 saturated heterocycles. The van der Waals surface area contributed by atoms with Gasteiger partial charge in [-0.05, 0) is 37.0 Å². The van der Waals surface area contributed by atoms with Crippen LogP contribution in [0.4, 0.5) is 4.39 Å². The van der Waals surface area contributed by atoms with Crippen LogP contribution in [-0.2, 0) is 6.42 Å². The van der Waals surface area contributed by atoms with Crippen LogP contribution < -0.4 is 4.74 Å². The Hall–Kier alpha value is -1.90. The molecule has 0 aliphatic carbocycles. The molecule has 2 aromatic rings. The summed E-state index contributed by atoms with van der Waals surface area (Å²) in [6, 6.07) is 12.6. The van der Waals surface area contributed by atoms with Crippen LogP contribution in [0.3, 0.4) is 0 Å². The van der Waals surface area contributed by atoms with Gasteiger partial charge >= 0.3 is 0 Å². The van der Waals surface area contributed by atoms with E-state index in [4.69, 9.17) is 4.74 Å². The second-order valence-corrected chi connectivity index (χ2v) is 9.41. The zero-order chi connectivity index (χ0) is 23.6. The first-order valence-electron chi connectivity index (χ1n) is 13.5. The maximum absolute atomic E-state index is 14.0. The van der Waals surface area contributed by atoms with E-state index in [0.29, 0.717) is 12.2 Å². The minimum Gasteiger partial charge on any atom is -0.489 e. The van der Waals surface area contributed by atoms with E-state index in [0.717, 1.165) is 30.5 Å². The first-order valence-corrected chi connectivity index (χ1v) is 13.5. The zero-order valence-corrected chi connectivity index (χ0v) is 21.2. The molecule has 0 saturated carbocycles. The molecule has 1 atom stereocenters. The molecule has 1 aromatic heterocycles. The van der Waals surface area contributed by atoms with Crippen LogP contribution in [0.25, 0.3) is 11.3 Å². The Balaban J connectivity index is 1.64. The van der Waals surface area contributed by atoms with Crippen molar-refractivity contribution >= 4 is 0 Å². The number of nitrogens with zero attached hydrogens (tertiary/aromatic N) is 1. The van der Waals surface area contributed by atoms with Crippen molar-refractivity contribution in [3.05, 3.63) is 48.2 Å². The maximum atomic E-state index is 14.0. The second-order valence-electron chi connectivity index (χ2n) is 9.41. The third-order valence-electron chi connectivity index (χ3n) is 6.36.